The molecule has 3 heteroatoms. The minimum Gasteiger partial charge on any atom is -0.299 e. The first-order valence-electron chi connectivity index (χ1n) is 8.67. The summed E-state index contributed by atoms with van der Waals surface area (Å²) < 4.78 is 13.7. The van der Waals surface area contributed by atoms with Crippen molar-refractivity contribution >= 4 is 5.78 Å². The Kier molecular flexibility index (Phi) is 5.41. The molecule has 24 heavy (non-hydrogen) atoms. The highest BCUT2D eigenvalue weighted by molar-refractivity contribution is 5.83. The number of piperidine rings is 1. The first kappa shape index (κ1) is 16.8. The Balaban J connectivity index is 1.57. The van der Waals surface area contributed by atoms with Gasteiger partial charge in [0.1, 0.15) is 11.6 Å². The second-order valence-corrected chi connectivity index (χ2v) is 6.76. The van der Waals surface area contributed by atoms with E-state index < -0.39 is 0 Å². The first-order chi connectivity index (χ1) is 11.6. The van der Waals surface area contributed by atoms with Crippen LogP contribution in [0.15, 0.2) is 54.6 Å². The largest absolute Gasteiger partial charge is 0.299 e. The molecule has 0 N–H and O–H groups in total. The van der Waals surface area contributed by atoms with E-state index in [0.29, 0.717) is 11.6 Å². The highest BCUT2D eigenvalue weighted by Gasteiger charge is 2.29. The number of nitrogens with zero attached hydrogens (tertiary/aromatic N) is 1. The predicted molar refractivity (Wildman–Crippen MR) is 94.1 cm³/mol. The van der Waals surface area contributed by atoms with Crippen molar-refractivity contribution in [2.45, 2.75) is 38.8 Å². The van der Waals surface area contributed by atoms with Gasteiger partial charge >= 0.3 is 0 Å². The molecule has 0 amide bonds. The lowest BCUT2D eigenvalue weighted by Crippen LogP contribution is -2.42. The van der Waals surface area contributed by atoms with Crippen LogP contribution in [0.25, 0.3) is 0 Å². The third-order valence-corrected chi connectivity index (χ3v) is 5.02. The van der Waals surface area contributed by atoms with Crippen LogP contribution in [0.1, 0.15) is 30.9 Å². The highest BCUT2D eigenvalue weighted by Crippen LogP contribution is 2.26. The lowest BCUT2D eigenvalue weighted by molar-refractivity contribution is -0.124. The van der Waals surface area contributed by atoms with Gasteiger partial charge in [0.15, 0.2) is 0 Å². The smallest absolute Gasteiger partial charge is 0.140 e. The number of hydrogen-bond donors (Lipinski definition) is 0. The number of ketones is 1. The molecule has 1 aliphatic rings. The maximum absolute atomic E-state index is 13.7. The van der Waals surface area contributed by atoms with Gasteiger partial charge in [-0.3, -0.25) is 9.69 Å². The fraction of sp³-hybridized carbons (Fsp3) is 0.381. The van der Waals surface area contributed by atoms with Gasteiger partial charge in [-0.25, -0.2) is 4.39 Å². The number of carbonyl (C=O) groups is 1. The van der Waals surface area contributed by atoms with Crippen LogP contribution in [0.4, 0.5) is 4.39 Å². The maximum atomic E-state index is 13.7. The van der Waals surface area contributed by atoms with E-state index in [1.54, 1.807) is 18.2 Å². The molecule has 2 nitrogen and oxygen atoms in total. The van der Waals surface area contributed by atoms with Crippen molar-refractivity contribution in [3.63, 3.8) is 0 Å². The second kappa shape index (κ2) is 7.71. The summed E-state index contributed by atoms with van der Waals surface area (Å²) >= 11 is 0. The standard InChI is InChI=1S/C21H24FNO/c1-16-13-19(21(24)14-18-9-5-6-10-20(18)22)11-12-23(16)15-17-7-3-2-4-8-17/h2-10,16,19H,11-15H2,1H3/t16-,19-/m1/s1. The molecule has 3 rings (SSSR count). The fourth-order valence-corrected chi connectivity index (χ4v) is 3.54. The van der Waals surface area contributed by atoms with Crippen LogP contribution in [0.5, 0.6) is 0 Å². The number of likely N-dealkylation sites (tertiary alicyclic amines) is 1. The normalized spacial score (nSPS) is 21.6. The Morgan fingerprint density at radius 1 is 1.12 bits per heavy atom. The van der Waals surface area contributed by atoms with Gasteiger partial charge in [-0.2, -0.15) is 0 Å². The molecule has 0 aromatic heterocycles. The van der Waals surface area contributed by atoms with Crippen LogP contribution < -0.4 is 0 Å². The summed E-state index contributed by atoms with van der Waals surface area (Å²) in [5.74, 6) is -0.0571. The number of carbonyl (C=O) groups excluding carboxylic acids is 1. The van der Waals surface area contributed by atoms with Gasteiger partial charge in [-0.1, -0.05) is 48.5 Å². The Morgan fingerprint density at radius 3 is 2.54 bits per heavy atom. The Morgan fingerprint density at radius 2 is 1.83 bits per heavy atom. The van der Waals surface area contributed by atoms with E-state index in [4.69, 9.17) is 0 Å². The third-order valence-electron chi connectivity index (χ3n) is 5.02. The van der Waals surface area contributed by atoms with E-state index in [0.717, 1.165) is 25.9 Å². The molecule has 2 atom stereocenters. The van der Waals surface area contributed by atoms with E-state index >= 15 is 0 Å². The third kappa shape index (κ3) is 4.09. The molecule has 2 aromatic carbocycles. The summed E-state index contributed by atoms with van der Waals surface area (Å²) in [6.07, 6.45) is 1.94. The average molecular weight is 325 g/mol. The number of halogens is 1. The highest BCUT2D eigenvalue weighted by atomic mass is 19.1. The van der Waals surface area contributed by atoms with Crippen LogP contribution in [0, 0.1) is 11.7 Å². The summed E-state index contributed by atoms with van der Waals surface area (Å²) in [4.78, 5) is 15.0. The van der Waals surface area contributed by atoms with Crippen LogP contribution in [0.3, 0.4) is 0 Å². The summed E-state index contributed by atoms with van der Waals surface area (Å²) in [5.41, 5.74) is 1.82. The van der Waals surface area contributed by atoms with Gasteiger partial charge in [0.2, 0.25) is 0 Å². The minimum absolute atomic E-state index is 0.0478. The monoisotopic (exact) mass is 325 g/mol. The van der Waals surface area contributed by atoms with Crippen molar-refractivity contribution in [3.8, 4) is 0 Å². The topological polar surface area (TPSA) is 20.3 Å². The number of benzene rings is 2. The molecule has 0 radical (unpaired) electrons. The van der Waals surface area contributed by atoms with Crippen molar-refractivity contribution in [3.05, 3.63) is 71.5 Å². The van der Waals surface area contributed by atoms with Crippen molar-refractivity contribution in [2.24, 2.45) is 5.92 Å². The van der Waals surface area contributed by atoms with Crippen LogP contribution in [-0.4, -0.2) is 23.3 Å². The fourth-order valence-electron chi connectivity index (χ4n) is 3.54. The summed E-state index contributed by atoms with van der Waals surface area (Å²) in [6, 6.07) is 17.4. The van der Waals surface area contributed by atoms with Crippen LogP contribution in [-0.2, 0) is 17.8 Å². The van der Waals surface area contributed by atoms with Crippen molar-refractivity contribution < 1.29 is 9.18 Å². The van der Waals surface area contributed by atoms with E-state index in [1.807, 2.05) is 6.07 Å². The van der Waals surface area contributed by atoms with Gasteiger partial charge in [-0.05, 0) is 43.5 Å². The Hall–Kier alpha value is -2.00. The summed E-state index contributed by atoms with van der Waals surface area (Å²) in [7, 11) is 0. The molecule has 0 bridgehead atoms. The Labute approximate surface area is 143 Å². The molecule has 1 fully saturated rings. The van der Waals surface area contributed by atoms with Crippen LogP contribution >= 0.6 is 0 Å². The molecule has 126 valence electrons. The van der Waals surface area contributed by atoms with E-state index in [-0.39, 0.29) is 23.9 Å². The molecule has 0 unspecified atom stereocenters. The molecule has 1 heterocycles. The van der Waals surface area contributed by atoms with Gasteiger partial charge in [0, 0.05) is 24.9 Å². The molecular weight excluding hydrogens is 301 g/mol. The molecule has 1 aliphatic heterocycles. The van der Waals surface area contributed by atoms with Gasteiger partial charge in [0.05, 0.1) is 0 Å². The quantitative estimate of drug-likeness (QED) is 0.819. The first-order valence-corrected chi connectivity index (χ1v) is 8.67. The van der Waals surface area contributed by atoms with E-state index in [1.165, 1.54) is 11.6 Å². The molecular formula is C21H24FNO. The lowest BCUT2D eigenvalue weighted by Gasteiger charge is -2.37. The molecule has 0 spiro atoms. The zero-order valence-electron chi connectivity index (χ0n) is 14.1. The summed E-state index contributed by atoms with van der Waals surface area (Å²) in [5, 5.41) is 0. The second-order valence-electron chi connectivity index (χ2n) is 6.76. The van der Waals surface area contributed by atoms with E-state index in [9.17, 15) is 9.18 Å². The van der Waals surface area contributed by atoms with Crippen molar-refractivity contribution in [2.75, 3.05) is 6.54 Å². The molecule has 0 saturated carbocycles. The number of hydrogen-bond acceptors (Lipinski definition) is 2. The van der Waals surface area contributed by atoms with E-state index in [2.05, 4.69) is 36.1 Å². The Bertz CT molecular complexity index is 685. The van der Waals surface area contributed by atoms with Crippen molar-refractivity contribution in [1.29, 1.82) is 0 Å². The van der Waals surface area contributed by atoms with Gasteiger partial charge in [-0.15, -0.1) is 0 Å². The van der Waals surface area contributed by atoms with Gasteiger partial charge < -0.3 is 0 Å². The zero-order chi connectivity index (χ0) is 16.9. The number of rotatable bonds is 5. The number of Topliss-reactive ketones (excluding diaryl/α,β-unsaturated/α-hetero) is 1. The molecule has 1 saturated heterocycles. The predicted octanol–water partition coefficient (Wildman–Crippen LogP) is 4.24. The SMILES string of the molecule is C[C@@H]1C[C@H](C(=O)Cc2ccccc2F)CCN1Cc1ccccc1. The van der Waals surface area contributed by atoms with Crippen molar-refractivity contribution in [1.82, 2.24) is 4.90 Å². The summed E-state index contributed by atoms with van der Waals surface area (Å²) in [6.45, 7) is 4.03. The van der Waals surface area contributed by atoms with Crippen LogP contribution in [0.2, 0.25) is 0 Å². The van der Waals surface area contributed by atoms with Gasteiger partial charge in [0.25, 0.3) is 0 Å². The average Bonchev–Trinajstić information content (AvgIpc) is 2.59. The lowest BCUT2D eigenvalue weighted by atomic mass is 9.85. The zero-order valence-corrected chi connectivity index (χ0v) is 14.1. The molecule has 0 aliphatic carbocycles. The maximum Gasteiger partial charge on any atom is 0.140 e. The minimum atomic E-state index is -0.277. The molecule has 2 aromatic rings.